The number of aryl methyl sites for hydroxylation is 1. The van der Waals surface area contributed by atoms with Crippen LogP contribution in [0.2, 0.25) is 0 Å². The molecule has 1 aromatic carbocycles. The molecular weight excluding hydrogens is 214 g/mol. The molecule has 0 atom stereocenters. The normalized spacial score (nSPS) is 10.7. The van der Waals surface area contributed by atoms with Gasteiger partial charge in [0.1, 0.15) is 5.82 Å². The van der Waals surface area contributed by atoms with Crippen molar-refractivity contribution in [1.82, 2.24) is 9.78 Å². The van der Waals surface area contributed by atoms with Gasteiger partial charge in [-0.15, -0.1) is 0 Å². The lowest BCUT2D eigenvalue weighted by Gasteiger charge is -2.07. The molecule has 0 unspecified atom stereocenters. The van der Waals surface area contributed by atoms with Crippen LogP contribution in [0.5, 0.6) is 0 Å². The first-order chi connectivity index (χ1) is 8.20. The van der Waals surface area contributed by atoms with Crippen LogP contribution >= 0.6 is 0 Å². The average molecular weight is 231 g/mol. The first-order valence-corrected chi connectivity index (χ1v) is 5.55. The van der Waals surface area contributed by atoms with Gasteiger partial charge in [-0.1, -0.05) is 24.3 Å². The Labute approximate surface area is 101 Å². The molecular formula is C13H17N3O. The number of nitrogens with two attached hydrogens (primary N) is 1. The van der Waals surface area contributed by atoms with Gasteiger partial charge in [0.15, 0.2) is 0 Å². The van der Waals surface area contributed by atoms with Crippen molar-refractivity contribution in [3.05, 3.63) is 47.2 Å². The molecule has 2 N–H and O–H groups in total. The molecule has 0 aliphatic rings. The number of hydrogen-bond donors (Lipinski definition) is 1. The Morgan fingerprint density at radius 3 is 2.76 bits per heavy atom. The Bertz CT molecular complexity index is 505. The van der Waals surface area contributed by atoms with E-state index in [0.717, 1.165) is 16.9 Å². The molecule has 17 heavy (non-hydrogen) atoms. The van der Waals surface area contributed by atoms with Gasteiger partial charge in [-0.3, -0.25) is 0 Å². The van der Waals surface area contributed by atoms with Crippen LogP contribution < -0.4 is 5.73 Å². The molecule has 0 radical (unpaired) electrons. The first-order valence-electron chi connectivity index (χ1n) is 5.55. The highest BCUT2D eigenvalue weighted by atomic mass is 16.5. The van der Waals surface area contributed by atoms with Gasteiger partial charge in [0, 0.05) is 12.7 Å². The van der Waals surface area contributed by atoms with E-state index in [2.05, 4.69) is 17.2 Å². The lowest BCUT2D eigenvalue weighted by Crippen LogP contribution is -2.06. The number of ether oxygens (including phenoxy) is 1. The van der Waals surface area contributed by atoms with Crippen molar-refractivity contribution >= 4 is 5.82 Å². The number of benzene rings is 1. The van der Waals surface area contributed by atoms with E-state index in [4.69, 9.17) is 10.5 Å². The van der Waals surface area contributed by atoms with Crippen molar-refractivity contribution in [2.45, 2.75) is 20.1 Å². The van der Waals surface area contributed by atoms with Crippen LogP contribution in [0.3, 0.4) is 0 Å². The summed E-state index contributed by atoms with van der Waals surface area (Å²) in [5.74, 6) is 0.724. The van der Waals surface area contributed by atoms with E-state index in [1.807, 2.05) is 19.1 Å². The first kappa shape index (κ1) is 11.7. The van der Waals surface area contributed by atoms with Crippen LogP contribution in [0.4, 0.5) is 5.82 Å². The highest BCUT2D eigenvalue weighted by Gasteiger charge is 2.04. The fourth-order valence-corrected chi connectivity index (χ4v) is 1.77. The Kier molecular flexibility index (Phi) is 3.44. The second kappa shape index (κ2) is 5.01. The smallest absolute Gasteiger partial charge is 0.124 e. The summed E-state index contributed by atoms with van der Waals surface area (Å²) in [6.45, 7) is 3.28. The van der Waals surface area contributed by atoms with Gasteiger partial charge in [0.2, 0.25) is 0 Å². The molecule has 4 heteroatoms. The maximum Gasteiger partial charge on any atom is 0.124 e. The van der Waals surface area contributed by atoms with E-state index in [-0.39, 0.29) is 0 Å². The maximum absolute atomic E-state index is 5.92. The summed E-state index contributed by atoms with van der Waals surface area (Å²) in [6, 6.07) is 8.25. The molecule has 0 bridgehead atoms. The van der Waals surface area contributed by atoms with Gasteiger partial charge < -0.3 is 10.5 Å². The molecule has 1 heterocycles. The molecule has 0 fully saturated rings. The minimum Gasteiger partial charge on any atom is -0.384 e. The second-order valence-electron chi connectivity index (χ2n) is 4.12. The number of aromatic nitrogens is 2. The molecule has 0 spiro atoms. The van der Waals surface area contributed by atoms with Gasteiger partial charge in [-0.25, -0.2) is 4.68 Å². The van der Waals surface area contributed by atoms with E-state index >= 15 is 0 Å². The third-order valence-electron chi connectivity index (χ3n) is 2.71. The number of rotatable bonds is 4. The summed E-state index contributed by atoms with van der Waals surface area (Å²) in [5, 5.41) is 4.25. The zero-order chi connectivity index (χ0) is 12.3. The van der Waals surface area contributed by atoms with Crippen molar-refractivity contribution < 1.29 is 4.74 Å². The van der Waals surface area contributed by atoms with Gasteiger partial charge in [0.05, 0.1) is 19.3 Å². The largest absolute Gasteiger partial charge is 0.384 e. The molecule has 0 saturated heterocycles. The average Bonchev–Trinajstić information content (AvgIpc) is 2.62. The lowest BCUT2D eigenvalue weighted by atomic mass is 10.1. The Hall–Kier alpha value is -1.81. The summed E-state index contributed by atoms with van der Waals surface area (Å²) in [6.07, 6.45) is 1.79. The quantitative estimate of drug-likeness (QED) is 0.875. The summed E-state index contributed by atoms with van der Waals surface area (Å²) >= 11 is 0. The van der Waals surface area contributed by atoms with Gasteiger partial charge >= 0.3 is 0 Å². The van der Waals surface area contributed by atoms with Gasteiger partial charge in [0.25, 0.3) is 0 Å². The lowest BCUT2D eigenvalue weighted by molar-refractivity contribution is 0.185. The Morgan fingerprint density at radius 2 is 2.12 bits per heavy atom. The van der Waals surface area contributed by atoms with Gasteiger partial charge in [-0.2, -0.15) is 5.10 Å². The molecule has 0 amide bonds. The monoisotopic (exact) mass is 231 g/mol. The topological polar surface area (TPSA) is 53.1 Å². The summed E-state index contributed by atoms with van der Waals surface area (Å²) in [4.78, 5) is 0. The summed E-state index contributed by atoms with van der Waals surface area (Å²) < 4.78 is 6.92. The van der Waals surface area contributed by atoms with Crippen molar-refractivity contribution in [3.63, 3.8) is 0 Å². The number of anilines is 1. The van der Waals surface area contributed by atoms with Crippen LogP contribution in [0.1, 0.15) is 16.7 Å². The number of methoxy groups -OCH3 is 1. The maximum atomic E-state index is 5.92. The van der Waals surface area contributed by atoms with E-state index in [9.17, 15) is 0 Å². The Balaban J connectivity index is 2.18. The molecule has 90 valence electrons. The fraction of sp³-hybridized carbons (Fsp3) is 0.308. The third-order valence-corrected chi connectivity index (χ3v) is 2.71. The molecule has 4 nitrogen and oxygen atoms in total. The van der Waals surface area contributed by atoms with Crippen LogP contribution in [0.25, 0.3) is 0 Å². The predicted octanol–water partition coefficient (Wildman–Crippen LogP) is 1.97. The van der Waals surface area contributed by atoms with E-state index in [1.165, 1.54) is 5.56 Å². The second-order valence-corrected chi connectivity index (χ2v) is 4.12. The van der Waals surface area contributed by atoms with Crippen molar-refractivity contribution in [2.75, 3.05) is 12.8 Å². The highest BCUT2D eigenvalue weighted by molar-refractivity contribution is 5.38. The molecule has 0 aliphatic carbocycles. The molecule has 0 aliphatic heterocycles. The predicted molar refractivity (Wildman–Crippen MR) is 67.6 cm³/mol. The van der Waals surface area contributed by atoms with E-state index < -0.39 is 0 Å². The molecule has 2 rings (SSSR count). The van der Waals surface area contributed by atoms with Crippen LogP contribution in [-0.4, -0.2) is 16.9 Å². The third kappa shape index (κ3) is 2.65. The number of hydrogen-bond acceptors (Lipinski definition) is 3. The van der Waals surface area contributed by atoms with Crippen LogP contribution in [0.15, 0.2) is 30.5 Å². The minimum absolute atomic E-state index is 0.626. The molecule has 0 saturated carbocycles. The van der Waals surface area contributed by atoms with Crippen LogP contribution in [0, 0.1) is 6.92 Å². The highest BCUT2D eigenvalue weighted by Crippen LogP contribution is 2.13. The van der Waals surface area contributed by atoms with E-state index in [0.29, 0.717) is 13.2 Å². The minimum atomic E-state index is 0.626. The molecule has 2 aromatic rings. The van der Waals surface area contributed by atoms with Crippen LogP contribution in [-0.2, 0) is 17.9 Å². The standard InChI is InChI=1S/C13H17N3O/c1-10-7-15-16(13(10)14)8-11-4-3-5-12(6-11)9-17-2/h3-7H,8-9,14H2,1-2H3. The van der Waals surface area contributed by atoms with Crippen molar-refractivity contribution in [1.29, 1.82) is 0 Å². The number of nitrogen functional groups attached to an aromatic ring is 1. The fourth-order valence-electron chi connectivity index (χ4n) is 1.77. The zero-order valence-corrected chi connectivity index (χ0v) is 10.2. The summed E-state index contributed by atoms with van der Waals surface area (Å²) in [7, 11) is 1.70. The summed E-state index contributed by atoms with van der Waals surface area (Å²) in [5.41, 5.74) is 9.27. The van der Waals surface area contributed by atoms with Crippen molar-refractivity contribution in [2.24, 2.45) is 0 Å². The van der Waals surface area contributed by atoms with Gasteiger partial charge in [-0.05, 0) is 18.1 Å². The zero-order valence-electron chi connectivity index (χ0n) is 10.2. The van der Waals surface area contributed by atoms with E-state index in [1.54, 1.807) is 18.0 Å². The Morgan fingerprint density at radius 1 is 1.35 bits per heavy atom. The molecule has 1 aromatic heterocycles. The SMILES string of the molecule is COCc1cccc(Cn2ncc(C)c2N)c1. The number of nitrogens with zero attached hydrogens (tertiary/aromatic N) is 2. The van der Waals surface area contributed by atoms with Crippen molar-refractivity contribution in [3.8, 4) is 0 Å².